The fraction of sp³-hybridized carbons (Fsp3) is 0.182. The van der Waals surface area contributed by atoms with Gasteiger partial charge < -0.3 is 9.30 Å². The van der Waals surface area contributed by atoms with E-state index in [4.69, 9.17) is 40.2 Å². The van der Waals surface area contributed by atoms with Gasteiger partial charge in [-0.1, -0.05) is 54.4 Å². The zero-order valence-corrected chi connectivity index (χ0v) is 25.8. The number of hydrogen-bond donors (Lipinski definition) is 0. The number of thiocarbonyl (C=S) groups is 1. The van der Waals surface area contributed by atoms with Gasteiger partial charge in [-0.25, -0.2) is 0 Å². The predicted octanol–water partition coefficient (Wildman–Crippen LogP) is 7.93. The monoisotopic (exact) mass is 617 g/mol. The van der Waals surface area contributed by atoms with Gasteiger partial charge in [-0.3, -0.25) is 19.4 Å². The second-order valence-electron chi connectivity index (χ2n) is 9.95. The third kappa shape index (κ3) is 5.86. The summed E-state index contributed by atoms with van der Waals surface area (Å²) in [7, 11) is 0. The molecule has 9 heteroatoms. The first-order valence-electron chi connectivity index (χ1n) is 13.5. The number of aryl methyl sites for hydroxylation is 1. The van der Waals surface area contributed by atoms with Crippen LogP contribution < -0.4 is 9.64 Å². The number of halogens is 2. The first-order valence-corrected chi connectivity index (χ1v) is 14.7. The summed E-state index contributed by atoms with van der Waals surface area (Å²) in [6, 6.07) is 24.2. The van der Waals surface area contributed by atoms with Crippen LogP contribution in [0, 0.1) is 13.8 Å². The van der Waals surface area contributed by atoms with Gasteiger partial charge in [-0.2, -0.15) is 0 Å². The highest BCUT2D eigenvalue weighted by molar-refractivity contribution is 7.80. The molecule has 2 amide bonds. The zero-order valence-electron chi connectivity index (χ0n) is 23.4. The van der Waals surface area contributed by atoms with Crippen LogP contribution in [0.15, 0.2) is 84.4 Å². The molecule has 3 aromatic carbocycles. The third-order valence-corrected chi connectivity index (χ3v) is 8.06. The van der Waals surface area contributed by atoms with Crippen molar-refractivity contribution in [2.45, 2.75) is 33.8 Å². The summed E-state index contributed by atoms with van der Waals surface area (Å²) in [5.74, 6) is -0.122. The van der Waals surface area contributed by atoms with Crippen molar-refractivity contribution in [3.05, 3.63) is 117 Å². The number of carbonyl (C=O) groups excluding carboxylic acids is 2. The van der Waals surface area contributed by atoms with E-state index >= 15 is 0 Å². The first kappa shape index (κ1) is 29.6. The highest BCUT2D eigenvalue weighted by atomic mass is 35.5. The van der Waals surface area contributed by atoms with Gasteiger partial charge in [-0.05, 0) is 98.7 Å². The standard InChI is InChI=1S/C33H29Cl2N3O3S/c1-4-16-36-31(39)29(32(40)38(33(36)42)26-8-6-5-7-9-26)18-24-17-21(2)37(22(24)3)27-12-14-28(15-13-27)41-20-23-10-11-25(34)19-30(23)35/h5-15,17-19H,4,16,20H2,1-3H3. The fourth-order valence-electron chi connectivity index (χ4n) is 4.98. The molecule has 0 aliphatic carbocycles. The molecule has 0 unspecified atom stereocenters. The molecule has 4 aromatic rings. The second kappa shape index (κ2) is 12.5. The maximum atomic E-state index is 13.7. The number of rotatable bonds is 8. The quantitative estimate of drug-likeness (QED) is 0.114. The van der Waals surface area contributed by atoms with Crippen LogP contribution in [-0.4, -0.2) is 32.9 Å². The van der Waals surface area contributed by atoms with Crippen LogP contribution in [0.1, 0.15) is 35.9 Å². The molecule has 6 nitrogen and oxygen atoms in total. The van der Waals surface area contributed by atoms with E-state index in [1.165, 1.54) is 9.80 Å². The number of benzene rings is 3. The van der Waals surface area contributed by atoms with Crippen LogP contribution >= 0.6 is 35.4 Å². The first-order chi connectivity index (χ1) is 20.2. The van der Waals surface area contributed by atoms with E-state index in [-0.39, 0.29) is 16.6 Å². The maximum Gasteiger partial charge on any atom is 0.270 e. The van der Waals surface area contributed by atoms with Gasteiger partial charge in [-0.15, -0.1) is 0 Å². The summed E-state index contributed by atoms with van der Waals surface area (Å²) >= 11 is 17.9. The van der Waals surface area contributed by atoms with E-state index in [9.17, 15) is 9.59 Å². The summed E-state index contributed by atoms with van der Waals surface area (Å²) in [6.45, 7) is 6.66. The number of ether oxygens (including phenoxy) is 1. The smallest absolute Gasteiger partial charge is 0.270 e. The molecule has 1 saturated heterocycles. The number of hydrogen-bond acceptors (Lipinski definition) is 4. The van der Waals surface area contributed by atoms with Crippen molar-refractivity contribution in [1.82, 2.24) is 9.47 Å². The zero-order chi connectivity index (χ0) is 30.0. The van der Waals surface area contributed by atoms with E-state index < -0.39 is 5.91 Å². The Morgan fingerprint density at radius 2 is 1.60 bits per heavy atom. The minimum Gasteiger partial charge on any atom is -0.489 e. The highest BCUT2D eigenvalue weighted by Gasteiger charge is 2.40. The molecule has 0 radical (unpaired) electrons. The Bertz CT molecular complexity index is 1700. The lowest BCUT2D eigenvalue weighted by molar-refractivity contribution is -0.127. The minimum atomic E-state index is -0.435. The minimum absolute atomic E-state index is 0.0748. The van der Waals surface area contributed by atoms with Crippen LogP contribution in [0.3, 0.4) is 0 Å². The lowest BCUT2D eigenvalue weighted by atomic mass is 10.1. The molecule has 1 fully saturated rings. The molecule has 0 spiro atoms. The van der Waals surface area contributed by atoms with Gasteiger partial charge in [0.15, 0.2) is 5.11 Å². The van der Waals surface area contributed by atoms with Crippen molar-refractivity contribution in [1.29, 1.82) is 0 Å². The van der Waals surface area contributed by atoms with Gasteiger partial charge in [0, 0.05) is 39.2 Å². The topological polar surface area (TPSA) is 54.8 Å². The fourth-order valence-corrected chi connectivity index (χ4v) is 5.80. The molecule has 42 heavy (non-hydrogen) atoms. The summed E-state index contributed by atoms with van der Waals surface area (Å²) < 4.78 is 8.01. The number of amides is 2. The molecule has 2 heterocycles. The molecule has 0 atom stereocenters. The van der Waals surface area contributed by atoms with Gasteiger partial charge in [0.1, 0.15) is 17.9 Å². The van der Waals surface area contributed by atoms with Crippen LogP contribution in [0.25, 0.3) is 11.8 Å². The average Bonchev–Trinajstić information content (AvgIpc) is 3.26. The molecule has 0 N–H and O–H groups in total. The SMILES string of the molecule is CCCN1C(=O)C(=Cc2cc(C)n(-c3ccc(OCc4ccc(Cl)cc4Cl)cc3)c2C)C(=O)N(c2ccccc2)C1=S. The van der Waals surface area contributed by atoms with Crippen LogP contribution in [0.5, 0.6) is 5.75 Å². The number of nitrogens with zero attached hydrogens (tertiary/aromatic N) is 3. The molecule has 1 aliphatic rings. The number of para-hydroxylation sites is 1. The third-order valence-electron chi connectivity index (χ3n) is 7.07. The lowest BCUT2D eigenvalue weighted by Gasteiger charge is -2.36. The van der Waals surface area contributed by atoms with Crippen molar-refractivity contribution in [2.24, 2.45) is 0 Å². The molecule has 214 valence electrons. The normalized spacial score (nSPS) is 14.7. The predicted molar refractivity (Wildman–Crippen MR) is 173 cm³/mol. The molecule has 5 rings (SSSR count). The van der Waals surface area contributed by atoms with E-state index in [1.807, 2.05) is 87.5 Å². The van der Waals surface area contributed by atoms with Gasteiger partial charge >= 0.3 is 0 Å². The van der Waals surface area contributed by atoms with E-state index in [0.717, 1.165) is 28.2 Å². The van der Waals surface area contributed by atoms with Crippen LogP contribution in [0.4, 0.5) is 5.69 Å². The van der Waals surface area contributed by atoms with Crippen molar-refractivity contribution in [3.63, 3.8) is 0 Å². The van der Waals surface area contributed by atoms with Crippen molar-refractivity contribution >= 4 is 64.1 Å². The Kier molecular flexibility index (Phi) is 8.82. The molecule has 0 bridgehead atoms. The van der Waals surface area contributed by atoms with E-state index in [1.54, 1.807) is 18.2 Å². The molecular formula is C33H29Cl2N3O3S. The van der Waals surface area contributed by atoms with Crippen molar-refractivity contribution in [3.8, 4) is 11.4 Å². The summed E-state index contributed by atoms with van der Waals surface area (Å²) in [4.78, 5) is 30.2. The van der Waals surface area contributed by atoms with Gasteiger partial charge in [0.25, 0.3) is 11.8 Å². The summed E-state index contributed by atoms with van der Waals surface area (Å²) in [6.07, 6.45) is 2.38. The van der Waals surface area contributed by atoms with Crippen molar-refractivity contribution < 1.29 is 14.3 Å². The van der Waals surface area contributed by atoms with Crippen LogP contribution in [-0.2, 0) is 16.2 Å². The number of aromatic nitrogens is 1. The second-order valence-corrected chi connectivity index (χ2v) is 11.2. The Morgan fingerprint density at radius 1 is 0.881 bits per heavy atom. The molecular weight excluding hydrogens is 589 g/mol. The number of carbonyl (C=O) groups is 2. The van der Waals surface area contributed by atoms with Crippen LogP contribution in [0.2, 0.25) is 10.0 Å². The molecule has 0 saturated carbocycles. The molecule has 1 aromatic heterocycles. The number of anilines is 1. The lowest BCUT2D eigenvalue weighted by Crippen LogP contribution is -2.56. The average molecular weight is 619 g/mol. The largest absolute Gasteiger partial charge is 0.489 e. The summed E-state index contributed by atoms with van der Waals surface area (Å²) in [5.41, 5.74) is 5.09. The van der Waals surface area contributed by atoms with Gasteiger partial charge in [0.2, 0.25) is 0 Å². The Hall–Kier alpha value is -3.91. The van der Waals surface area contributed by atoms with Crippen molar-refractivity contribution in [2.75, 3.05) is 11.4 Å². The van der Waals surface area contributed by atoms with Gasteiger partial charge in [0.05, 0.1) is 5.69 Å². The van der Waals surface area contributed by atoms with E-state index in [0.29, 0.717) is 41.1 Å². The summed E-state index contributed by atoms with van der Waals surface area (Å²) in [5, 5.41) is 1.33. The van der Waals surface area contributed by atoms with E-state index in [2.05, 4.69) is 4.57 Å². The highest BCUT2D eigenvalue weighted by Crippen LogP contribution is 2.30. The maximum absolute atomic E-state index is 13.7. The Labute approximate surface area is 260 Å². The Balaban J connectivity index is 1.43. The Morgan fingerprint density at radius 3 is 2.26 bits per heavy atom. The molecule has 1 aliphatic heterocycles.